The summed E-state index contributed by atoms with van der Waals surface area (Å²) in [7, 11) is 1.72. The second-order valence-corrected chi connectivity index (χ2v) is 5.73. The van der Waals surface area contributed by atoms with Crippen molar-refractivity contribution in [1.29, 1.82) is 0 Å². The summed E-state index contributed by atoms with van der Waals surface area (Å²) in [4.78, 5) is 4.55. The van der Waals surface area contributed by atoms with Gasteiger partial charge in [-0.25, -0.2) is 0 Å². The van der Waals surface area contributed by atoms with Crippen LogP contribution in [-0.2, 0) is 5.41 Å². The summed E-state index contributed by atoms with van der Waals surface area (Å²) >= 11 is 0. The van der Waals surface area contributed by atoms with E-state index in [9.17, 15) is 0 Å². The Kier molecular flexibility index (Phi) is 5.51. The van der Waals surface area contributed by atoms with Crippen LogP contribution in [0.4, 0.5) is 0 Å². The van der Waals surface area contributed by atoms with E-state index in [1.165, 1.54) is 31.2 Å². The first-order valence-electron chi connectivity index (χ1n) is 7.49. The molecule has 0 amide bonds. The summed E-state index contributed by atoms with van der Waals surface area (Å²) in [6.45, 7) is 2.91. The Morgan fingerprint density at radius 2 is 2.19 bits per heavy atom. The molecule has 0 radical (unpaired) electrons. The molecule has 1 fully saturated rings. The molecule has 2 aliphatic rings. The van der Waals surface area contributed by atoms with E-state index < -0.39 is 0 Å². The van der Waals surface area contributed by atoms with Gasteiger partial charge in [0.05, 0.1) is 7.11 Å². The molecule has 116 valence electrons. The zero-order chi connectivity index (χ0) is 13.8. The molecule has 0 unspecified atom stereocenters. The van der Waals surface area contributed by atoms with Crippen LogP contribution in [0.1, 0.15) is 31.2 Å². The minimum Gasteiger partial charge on any atom is -0.497 e. The van der Waals surface area contributed by atoms with Crippen LogP contribution in [0.5, 0.6) is 5.75 Å². The van der Waals surface area contributed by atoms with Gasteiger partial charge in [-0.2, -0.15) is 0 Å². The summed E-state index contributed by atoms with van der Waals surface area (Å²) in [6, 6.07) is 8.45. The zero-order valence-corrected chi connectivity index (χ0v) is 14.2. The third-order valence-electron chi connectivity index (χ3n) is 4.28. The fourth-order valence-corrected chi connectivity index (χ4v) is 2.73. The number of rotatable bonds is 4. The van der Waals surface area contributed by atoms with E-state index in [1.807, 2.05) is 6.07 Å². The molecule has 0 saturated heterocycles. The fraction of sp³-hybridized carbons (Fsp3) is 0.562. The first kappa shape index (κ1) is 16.1. The number of hydrogen-bond acceptors (Lipinski definition) is 4. The first-order valence-corrected chi connectivity index (χ1v) is 7.49. The average molecular weight is 354 g/mol. The number of hydrogen-bond donors (Lipinski definition) is 2. The van der Waals surface area contributed by atoms with Crippen molar-refractivity contribution in [2.24, 2.45) is 4.99 Å². The van der Waals surface area contributed by atoms with Gasteiger partial charge in [-0.05, 0) is 43.4 Å². The normalized spacial score (nSPS) is 19.4. The number of halogens is 1. The molecule has 21 heavy (non-hydrogen) atoms. The van der Waals surface area contributed by atoms with Crippen molar-refractivity contribution in [2.45, 2.75) is 31.1 Å². The van der Waals surface area contributed by atoms with Crippen LogP contribution in [0.2, 0.25) is 0 Å². The van der Waals surface area contributed by atoms with Gasteiger partial charge in [0.1, 0.15) is 5.75 Å². The molecule has 0 bridgehead atoms. The Morgan fingerprint density at radius 1 is 1.33 bits per heavy atom. The summed E-state index contributed by atoms with van der Waals surface area (Å²) in [5.41, 5.74) is 1.64. The third-order valence-corrected chi connectivity index (χ3v) is 4.28. The smallest absolute Gasteiger partial charge is 0.191 e. The number of nitrogens with one attached hydrogen (secondary N) is 2. The Morgan fingerprint density at radius 3 is 2.95 bits per heavy atom. The molecular weight excluding hydrogens is 330 g/mol. The highest BCUT2D eigenvalue weighted by Crippen LogP contribution is 2.48. The van der Waals surface area contributed by atoms with Gasteiger partial charge in [0, 0.05) is 25.0 Å². The topological polar surface area (TPSA) is 45.6 Å². The maximum atomic E-state index is 5.33. The first-order chi connectivity index (χ1) is 9.82. The quantitative estimate of drug-likeness (QED) is 0.874. The second kappa shape index (κ2) is 7.16. The van der Waals surface area contributed by atoms with Crippen molar-refractivity contribution in [2.75, 3.05) is 26.7 Å². The molecule has 4 nitrogen and oxygen atoms in total. The minimum atomic E-state index is 0. The Labute approximate surface area is 137 Å². The van der Waals surface area contributed by atoms with Gasteiger partial charge in [-0.1, -0.05) is 12.1 Å². The molecule has 1 heterocycles. The van der Waals surface area contributed by atoms with Crippen LogP contribution in [0.3, 0.4) is 0 Å². The molecular formula is C16H24BrN3O. The Hall–Kier alpha value is -1.23. The number of nitrogens with zero attached hydrogens (tertiary/aromatic N) is 1. The highest BCUT2D eigenvalue weighted by atomic mass is 79.9. The van der Waals surface area contributed by atoms with Gasteiger partial charge in [0.25, 0.3) is 0 Å². The lowest BCUT2D eigenvalue weighted by Crippen LogP contribution is -2.41. The summed E-state index contributed by atoms with van der Waals surface area (Å²) in [6.07, 6.45) is 4.86. The van der Waals surface area contributed by atoms with Crippen molar-refractivity contribution in [3.63, 3.8) is 0 Å². The van der Waals surface area contributed by atoms with Gasteiger partial charge >= 0.3 is 0 Å². The molecule has 1 aromatic rings. The summed E-state index contributed by atoms with van der Waals surface area (Å²) < 4.78 is 5.33. The molecule has 3 rings (SSSR count). The number of benzene rings is 1. The molecule has 0 spiro atoms. The van der Waals surface area contributed by atoms with Crippen molar-refractivity contribution < 1.29 is 4.74 Å². The SMILES string of the molecule is Br.COc1cccc(C2(CNC3=NCCCCN3)CC2)c1. The average Bonchev–Trinajstić information content (AvgIpc) is 3.30. The number of ether oxygens (including phenoxy) is 1. The van der Waals surface area contributed by atoms with Crippen LogP contribution in [0.25, 0.3) is 0 Å². The van der Waals surface area contributed by atoms with Crippen molar-refractivity contribution >= 4 is 22.9 Å². The van der Waals surface area contributed by atoms with Crippen molar-refractivity contribution in [3.8, 4) is 5.75 Å². The highest BCUT2D eigenvalue weighted by Gasteiger charge is 2.44. The van der Waals surface area contributed by atoms with Gasteiger partial charge < -0.3 is 15.4 Å². The molecule has 1 aromatic carbocycles. The molecule has 1 aliphatic carbocycles. The van der Waals surface area contributed by atoms with Gasteiger partial charge in [0.15, 0.2) is 5.96 Å². The van der Waals surface area contributed by atoms with Crippen LogP contribution in [0.15, 0.2) is 29.3 Å². The lowest BCUT2D eigenvalue weighted by molar-refractivity contribution is 0.413. The standard InChI is InChI=1S/C16H23N3O.BrH/c1-20-14-6-4-5-13(11-14)16(7-8-16)12-19-15-17-9-2-3-10-18-15;/h4-6,11H,2-3,7-10,12H2,1H3,(H2,17,18,19);1H. The summed E-state index contributed by atoms with van der Waals surface area (Å²) in [5, 5.41) is 6.87. The largest absolute Gasteiger partial charge is 0.497 e. The van der Waals surface area contributed by atoms with E-state index in [4.69, 9.17) is 4.74 Å². The predicted octanol–water partition coefficient (Wildman–Crippen LogP) is 2.63. The second-order valence-electron chi connectivity index (χ2n) is 5.73. The van der Waals surface area contributed by atoms with E-state index in [0.717, 1.165) is 31.3 Å². The zero-order valence-electron chi connectivity index (χ0n) is 12.5. The number of methoxy groups -OCH3 is 1. The molecule has 0 atom stereocenters. The maximum absolute atomic E-state index is 5.33. The lowest BCUT2D eigenvalue weighted by Gasteiger charge is -2.19. The minimum absolute atomic E-state index is 0. The van der Waals surface area contributed by atoms with Crippen LogP contribution >= 0.6 is 17.0 Å². The van der Waals surface area contributed by atoms with Crippen LogP contribution in [0, 0.1) is 0 Å². The van der Waals surface area contributed by atoms with Crippen LogP contribution in [-0.4, -0.2) is 32.7 Å². The number of guanidine groups is 1. The number of aliphatic imine (C=N–C) groups is 1. The monoisotopic (exact) mass is 353 g/mol. The van der Waals surface area contributed by atoms with E-state index in [0.29, 0.717) is 0 Å². The molecule has 1 saturated carbocycles. The van der Waals surface area contributed by atoms with Crippen LogP contribution < -0.4 is 15.4 Å². The van der Waals surface area contributed by atoms with E-state index in [1.54, 1.807) is 7.11 Å². The summed E-state index contributed by atoms with van der Waals surface area (Å²) in [5.74, 6) is 1.91. The van der Waals surface area contributed by atoms with E-state index in [-0.39, 0.29) is 22.4 Å². The molecule has 0 aromatic heterocycles. The Bertz CT molecular complexity index is 500. The lowest BCUT2D eigenvalue weighted by atomic mass is 9.96. The highest BCUT2D eigenvalue weighted by molar-refractivity contribution is 8.93. The third kappa shape index (κ3) is 3.90. The maximum Gasteiger partial charge on any atom is 0.191 e. The predicted molar refractivity (Wildman–Crippen MR) is 91.8 cm³/mol. The fourth-order valence-electron chi connectivity index (χ4n) is 2.73. The molecule has 2 N–H and O–H groups in total. The van der Waals surface area contributed by atoms with Gasteiger partial charge in [0.2, 0.25) is 0 Å². The molecule has 5 heteroatoms. The van der Waals surface area contributed by atoms with Gasteiger partial charge in [-0.15, -0.1) is 17.0 Å². The Balaban J connectivity index is 0.00000161. The van der Waals surface area contributed by atoms with E-state index >= 15 is 0 Å². The van der Waals surface area contributed by atoms with Gasteiger partial charge in [-0.3, -0.25) is 4.99 Å². The van der Waals surface area contributed by atoms with Crippen molar-refractivity contribution in [1.82, 2.24) is 10.6 Å². The van der Waals surface area contributed by atoms with Crippen molar-refractivity contribution in [3.05, 3.63) is 29.8 Å². The molecule has 1 aliphatic heterocycles. The van der Waals surface area contributed by atoms with E-state index in [2.05, 4.69) is 33.8 Å².